The molecule has 14 heteroatoms. The summed E-state index contributed by atoms with van der Waals surface area (Å²) in [6.45, 7) is 6.75. The van der Waals surface area contributed by atoms with E-state index in [-0.39, 0.29) is 23.1 Å². The van der Waals surface area contributed by atoms with Crippen molar-refractivity contribution < 1.29 is 9.32 Å². The van der Waals surface area contributed by atoms with Gasteiger partial charge in [0.1, 0.15) is 28.2 Å². The molecule has 5 heterocycles. The van der Waals surface area contributed by atoms with E-state index in [9.17, 15) is 10.1 Å². The van der Waals surface area contributed by atoms with Crippen LogP contribution in [0, 0.1) is 11.3 Å². The molecule has 4 N–H and O–H groups in total. The number of hydrogen-bond donors (Lipinski definition) is 3. The van der Waals surface area contributed by atoms with E-state index in [1.54, 1.807) is 11.3 Å². The average Bonchev–Trinajstić information content (AvgIpc) is 3.77. The maximum absolute atomic E-state index is 12.9. The third-order valence-corrected chi connectivity index (χ3v) is 11.9. The number of nitrogens with one attached hydrogen (secondary N) is 2. The monoisotopic (exact) mass is 672 g/mol. The number of nitrogens with zero attached hydrogens (tertiary/aromatic N) is 7. The first-order valence-electron chi connectivity index (χ1n) is 16.4. The van der Waals surface area contributed by atoms with Crippen molar-refractivity contribution in [2.45, 2.75) is 88.1 Å². The summed E-state index contributed by atoms with van der Waals surface area (Å²) in [6, 6.07) is 4.44. The first-order chi connectivity index (χ1) is 22.7. The molecule has 1 aliphatic heterocycles. The molecule has 0 aromatic carbocycles. The highest BCUT2D eigenvalue weighted by Crippen LogP contribution is 2.55. The maximum atomic E-state index is 12.9. The maximum Gasteiger partial charge on any atom is 0.327 e. The summed E-state index contributed by atoms with van der Waals surface area (Å²) >= 11 is 7.48. The van der Waals surface area contributed by atoms with E-state index in [0.717, 1.165) is 105 Å². The molecule has 3 aliphatic carbocycles. The number of amides is 1. The van der Waals surface area contributed by atoms with Crippen molar-refractivity contribution in [2.75, 3.05) is 30.3 Å². The van der Waals surface area contributed by atoms with Gasteiger partial charge in [0.15, 0.2) is 5.76 Å². The normalized spacial score (nSPS) is 26.7. The Balaban J connectivity index is 1.16. The molecule has 0 radical (unpaired) electrons. The summed E-state index contributed by atoms with van der Waals surface area (Å²) in [5, 5.41) is 22.3. The molecule has 1 spiro atoms. The number of nitrogen functional groups attached to an aromatic ring is 1. The van der Waals surface area contributed by atoms with Gasteiger partial charge in [-0.25, -0.2) is 19.7 Å². The summed E-state index contributed by atoms with van der Waals surface area (Å²) in [4.78, 5) is 30.6. The van der Waals surface area contributed by atoms with Crippen LogP contribution in [0.1, 0.15) is 91.3 Å². The Labute approximate surface area is 281 Å². The summed E-state index contributed by atoms with van der Waals surface area (Å²) in [7, 11) is 0. The molecule has 1 amide bonds. The number of carbonyl (C=O) groups excluding carboxylic acids is 1. The summed E-state index contributed by atoms with van der Waals surface area (Å²) in [5.41, 5.74) is 10.8. The van der Waals surface area contributed by atoms with Crippen molar-refractivity contribution in [3.05, 3.63) is 56.8 Å². The number of aromatic nitrogens is 5. The Morgan fingerprint density at radius 2 is 2.09 bits per heavy atom. The third kappa shape index (κ3) is 5.00. The van der Waals surface area contributed by atoms with Crippen molar-refractivity contribution in [1.29, 1.82) is 5.26 Å². The number of nitrogens with two attached hydrogens (primary N) is 1. The molecule has 2 fully saturated rings. The quantitative estimate of drug-likeness (QED) is 0.264. The molecular formula is C33H37ClN10O2S. The number of piperazine rings is 1. The second-order valence-electron chi connectivity index (χ2n) is 13.8. The van der Waals surface area contributed by atoms with E-state index in [1.807, 2.05) is 0 Å². The Morgan fingerprint density at radius 3 is 2.83 bits per heavy atom. The lowest BCUT2D eigenvalue weighted by Gasteiger charge is -2.45. The number of anilines is 2. The molecule has 4 aromatic heterocycles. The first kappa shape index (κ1) is 30.4. The molecule has 47 heavy (non-hydrogen) atoms. The van der Waals surface area contributed by atoms with E-state index in [4.69, 9.17) is 37.0 Å². The van der Waals surface area contributed by atoms with Crippen LogP contribution in [0.4, 0.5) is 15.7 Å². The Kier molecular flexibility index (Phi) is 7.31. The van der Waals surface area contributed by atoms with Crippen molar-refractivity contribution in [1.82, 2.24) is 35.3 Å². The number of halogens is 1. The van der Waals surface area contributed by atoms with Crippen molar-refractivity contribution in [3.63, 3.8) is 0 Å². The van der Waals surface area contributed by atoms with Crippen molar-refractivity contribution in [2.24, 2.45) is 0 Å². The highest BCUT2D eigenvalue weighted by Gasteiger charge is 2.49. The lowest BCUT2D eigenvalue weighted by molar-refractivity contribution is 0.168. The second kappa shape index (κ2) is 11.3. The van der Waals surface area contributed by atoms with E-state index < -0.39 is 11.0 Å². The Bertz CT molecular complexity index is 1920. The molecule has 4 aromatic rings. The summed E-state index contributed by atoms with van der Waals surface area (Å²) in [6.07, 6.45) is 9.93. The largest absolute Gasteiger partial charge is 0.389 e. The minimum absolute atomic E-state index is 0.132. The van der Waals surface area contributed by atoms with Gasteiger partial charge in [0.05, 0.1) is 22.9 Å². The molecule has 0 bridgehead atoms. The average molecular weight is 673 g/mol. The van der Waals surface area contributed by atoms with Gasteiger partial charge in [-0.2, -0.15) is 5.26 Å². The summed E-state index contributed by atoms with van der Waals surface area (Å²) in [5.74, 6) is 1.69. The second-order valence-corrected chi connectivity index (χ2v) is 15.3. The number of hydrogen-bond acceptors (Lipinski definition) is 11. The predicted molar refractivity (Wildman–Crippen MR) is 179 cm³/mol. The Hall–Kier alpha value is -3.99. The summed E-state index contributed by atoms with van der Waals surface area (Å²) < 4.78 is 7.69. The number of imidazole rings is 1. The van der Waals surface area contributed by atoms with Crippen LogP contribution >= 0.6 is 22.9 Å². The topological polar surface area (TPSA) is 164 Å². The molecule has 1 saturated heterocycles. The van der Waals surface area contributed by atoms with Crippen LogP contribution in [0.3, 0.4) is 0 Å². The van der Waals surface area contributed by atoms with Gasteiger partial charge in [-0.1, -0.05) is 16.8 Å². The van der Waals surface area contributed by atoms with Gasteiger partial charge in [0.2, 0.25) is 5.95 Å². The van der Waals surface area contributed by atoms with E-state index in [0.29, 0.717) is 16.5 Å². The number of carbonyl (C=O) groups is 1. The van der Waals surface area contributed by atoms with Crippen molar-refractivity contribution in [3.8, 4) is 17.5 Å². The van der Waals surface area contributed by atoms with Gasteiger partial charge < -0.3 is 25.8 Å². The predicted octanol–water partition coefficient (Wildman–Crippen LogP) is 5.15. The molecular weight excluding hydrogens is 636 g/mol. The van der Waals surface area contributed by atoms with Crippen LogP contribution in [0.2, 0.25) is 5.15 Å². The highest BCUT2D eigenvalue weighted by molar-refractivity contribution is 7.16. The number of rotatable bonds is 4. The molecule has 244 valence electrons. The number of aryl methyl sites for hydroxylation is 1. The number of fused-ring (bicyclic) bond motifs is 4. The molecule has 0 unspecified atom stereocenters. The fourth-order valence-corrected chi connectivity index (χ4v) is 9.67. The van der Waals surface area contributed by atoms with Gasteiger partial charge in [-0.15, -0.1) is 11.3 Å². The van der Waals surface area contributed by atoms with Gasteiger partial charge >= 0.3 is 6.03 Å². The minimum Gasteiger partial charge on any atom is -0.389 e. The standard InChI is InChI=1S/C33H37ClN10O2S/c1-18-15-37-9-10-44(18)30-39-22(19-12-32(2,13-19)41-31(45)43-16-25(34)38-17-43)11-23(40-30)27-20-5-3-7-33(28(20)46-42-27)8-4-6-24-26(33)21(14-35)29(36)47-24/h11,16-19,37H,3-10,12-13,15,36H2,1-2H3,(H,41,45)/t18-,19?,32?,33-/m0/s1. The molecule has 2 atom stereocenters. The first-order valence-corrected chi connectivity index (χ1v) is 17.6. The zero-order valence-electron chi connectivity index (χ0n) is 26.5. The Morgan fingerprint density at radius 1 is 1.28 bits per heavy atom. The lowest BCUT2D eigenvalue weighted by atomic mass is 9.63. The smallest absolute Gasteiger partial charge is 0.327 e. The number of thiophene rings is 1. The molecule has 12 nitrogen and oxygen atoms in total. The SMILES string of the molecule is C[C@H]1CNCCN1c1nc(-c2noc3c2CCC[C@@]32CCCc3sc(N)c(C#N)c32)cc(C2CC(C)(NC(=O)n3cnc(Cl)c3)C2)n1. The van der Waals surface area contributed by atoms with Gasteiger partial charge in [-0.05, 0) is 76.8 Å². The van der Waals surface area contributed by atoms with Crippen LogP contribution in [0.15, 0.2) is 23.1 Å². The number of nitriles is 1. The molecule has 1 saturated carbocycles. The van der Waals surface area contributed by atoms with Gasteiger partial charge in [0.25, 0.3) is 0 Å². The lowest BCUT2D eigenvalue weighted by Crippen LogP contribution is -2.55. The minimum atomic E-state index is -0.398. The zero-order valence-corrected chi connectivity index (χ0v) is 28.0. The van der Waals surface area contributed by atoms with Gasteiger partial charge in [0, 0.05) is 53.3 Å². The highest BCUT2D eigenvalue weighted by atomic mass is 35.5. The van der Waals surface area contributed by atoms with Crippen LogP contribution in [0.25, 0.3) is 11.4 Å². The zero-order chi connectivity index (χ0) is 32.5. The van der Waals surface area contributed by atoms with E-state index in [1.165, 1.54) is 22.0 Å². The van der Waals surface area contributed by atoms with E-state index in [2.05, 4.69) is 46.5 Å². The van der Waals surface area contributed by atoms with Crippen molar-refractivity contribution >= 4 is 39.9 Å². The van der Waals surface area contributed by atoms with Gasteiger partial charge in [-0.3, -0.25) is 4.57 Å². The molecule has 8 rings (SSSR count). The van der Waals surface area contributed by atoms with Crippen LogP contribution in [0.5, 0.6) is 0 Å². The van der Waals surface area contributed by atoms with Crippen LogP contribution < -0.4 is 21.3 Å². The fraction of sp³-hybridized carbons (Fsp3) is 0.515. The van der Waals surface area contributed by atoms with E-state index >= 15 is 0 Å². The van der Waals surface area contributed by atoms with Crippen LogP contribution in [-0.2, 0) is 18.3 Å². The van der Waals surface area contributed by atoms with Crippen LogP contribution in [-0.4, -0.2) is 61.9 Å². The molecule has 4 aliphatic rings. The third-order valence-electron chi connectivity index (χ3n) is 10.6. The fourth-order valence-electron chi connectivity index (χ4n) is 8.36.